The zero-order valence-corrected chi connectivity index (χ0v) is 16.6. The number of fused-ring (bicyclic) bond motifs is 1. The molecule has 1 aliphatic heterocycles. The second-order valence-electron chi connectivity index (χ2n) is 6.23. The van der Waals surface area contributed by atoms with Crippen molar-refractivity contribution < 1.29 is 14.3 Å². The molecule has 2 aromatic rings. The minimum absolute atomic E-state index is 0.0685. The number of rotatable bonds is 7. The van der Waals surface area contributed by atoms with Crippen LogP contribution in [0.25, 0.3) is 0 Å². The molecule has 2 amide bonds. The first-order chi connectivity index (χ1) is 13.1. The highest BCUT2D eigenvalue weighted by Gasteiger charge is 2.30. The van der Waals surface area contributed by atoms with Crippen LogP contribution < -0.4 is 5.32 Å². The summed E-state index contributed by atoms with van der Waals surface area (Å²) in [7, 11) is 1.61. The summed E-state index contributed by atoms with van der Waals surface area (Å²) < 4.78 is 5.14. The minimum Gasteiger partial charge on any atom is -0.383 e. The van der Waals surface area contributed by atoms with E-state index in [1.54, 1.807) is 24.1 Å². The molecule has 1 atom stereocenters. The lowest BCUT2D eigenvalue weighted by molar-refractivity contribution is -0.133. The SMILES string of the molecule is COCCN(Cc1ccccc1)C(=O)CC1Sc2ccc(Cl)cc2NC1=O. The number of methoxy groups -OCH3 is 1. The predicted molar refractivity (Wildman–Crippen MR) is 108 cm³/mol. The Balaban J connectivity index is 1.69. The average Bonchev–Trinajstić information content (AvgIpc) is 2.66. The number of carbonyl (C=O) groups excluding carboxylic acids is 2. The molecular weight excluding hydrogens is 384 g/mol. The van der Waals surface area contributed by atoms with E-state index in [2.05, 4.69) is 5.32 Å². The molecule has 1 heterocycles. The Morgan fingerprint density at radius 2 is 2.04 bits per heavy atom. The van der Waals surface area contributed by atoms with E-state index in [0.29, 0.717) is 30.4 Å². The highest BCUT2D eigenvalue weighted by atomic mass is 35.5. The molecule has 1 unspecified atom stereocenters. The number of carbonyl (C=O) groups is 2. The van der Waals surface area contributed by atoms with Gasteiger partial charge in [0.1, 0.15) is 0 Å². The molecule has 3 rings (SSSR count). The van der Waals surface area contributed by atoms with Crippen LogP contribution in [0.15, 0.2) is 53.4 Å². The molecule has 0 aromatic heterocycles. The Kier molecular flexibility index (Phi) is 6.77. The van der Waals surface area contributed by atoms with Gasteiger partial charge in [-0.05, 0) is 23.8 Å². The number of nitrogens with zero attached hydrogens (tertiary/aromatic N) is 1. The van der Waals surface area contributed by atoms with Crippen LogP contribution in [0.5, 0.6) is 0 Å². The molecule has 2 aromatic carbocycles. The largest absolute Gasteiger partial charge is 0.383 e. The van der Waals surface area contributed by atoms with Crippen molar-refractivity contribution in [2.75, 3.05) is 25.6 Å². The van der Waals surface area contributed by atoms with E-state index in [9.17, 15) is 9.59 Å². The number of amides is 2. The lowest BCUT2D eigenvalue weighted by Crippen LogP contribution is -2.38. The van der Waals surface area contributed by atoms with Crippen LogP contribution >= 0.6 is 23.4 Å². The lowest BCUT2D eigenvalue weighted by atomic mass is 10.2. The van der Waals surface area contributed by atoms with Gasteiger partial charge in [-0.2, -0.15) is 0 Å². The van der Waals surface area contributed by atoms with E-state index in [1.807, 2.05) is 36.4 Å². The summed E-state index contributed by atoms with van der Waals surface area (Å²) in [6.07, 6.45) is 0.134. The third-order valence-electron chi connectivity index (χ3n) is 4.26. The van der Waals surface area contributed by atoms with Crippen LogP contribution in [0, 0.1) is 0 Å². The molecule has 0 fully saturated rings. The summed E-state index contributed by atoms with van der Waals surface area (Å²) in [6, 6.07) is 15.2. The van der Waals surface area contributed by atoms with E-state index >= 15 is 0 Å². The first-order valence-corrected chi connectivity index (χ1v) is 9.90. The Bertz CT molecular complexity index is 816. The van der Waals surface area contributed by atoms with E-state index in [1.165, 1.54) is 11.8 Å². The Morgan fingerprint density at radius 3 is 2.78 bits per heavy atom. The first kappa shape index (κ1) is 19.7. The maximum Gasteiger partial charge on any atom is 0.238 e. The van der Waals surface area contributed by atoms with Gasteiger partial charge in [-0.1, -0.05) is 41.9 Å². The van der Waals surface area contributed by atoms with Crippen molar-refractivity contribution in [3.8, 4) is 0 Å². The molecule has 1 aliphatic rings. The van der Waals surface area contributed by atoms with Crippen molar-refractivity contribution in [3.63, 3.8) is 0 Å². The van der Waals surface area contributed by atoms with Gasteiger partial charge in [0.05, 0.1) is 17.5 Å². The van der Waals surface area contributed by atoms with Gasteiger partial charge in [0.15, 0.2) is 0 Å². The molecule has 0 spiro atoms. The van der Waals surface area contributed by atoms with Crippen LogP contribution in [-0.2, 0) is 20.9 Å². The van der Waals surface area contributed by atoms with E-state index in [4.69, 9.17) is 16.3 Å². The van der Waals surface area contributed by atoms with Gasteiger partial charge in [0.2, 0.25) is 11.8 Å². The summed E-state index contributed by atoms with van der Waals surface area (Å²) in [5.74, 6) is -0.240. The van der Waals surface area contributed by atoms with Crippen molar-refractivity contribution in [2.24, 2.45) is 0 Å². The van der Waals surface area contributed by atoms with E-state index < -0.39 is 5.25 Å². The fourth-order valence-electron chi connectivity index (χ4n) is 2.84. The third-order valence-corrected chi connectivity index (χ3v) is 5.77. The molecular formula is C20H21ClN2O3S. The second kappa shape index (κ2) is 9.26. The highest BCUT2D eigenvalue weighted by molar-refractivity contribution is 8.01. The number of nitrogens with one attached hydrogen (secondary N) is 1. The molecule has 0 saturated heterocycles. The Labute approximate surface area is 168 Å². The summed E-state index contributed by atoms with van der Waals surface area (Å²) in [6.45, 7) is 1.42. The van der Waals surface area contributed by atoms with Gasteiger partial charge in [-0.15, -0.1) is 11.8 Å². The standard InChI is InChI=1S/C20H21ClN2O3S/c1-26-10-9-23(13-14-5-3-2-4-6-14)19(24)12-18-20(25)22-16-11-15(21)7-8-17(16)27-18/h2-8,11,18H,9-10,12-13H2,1H3,(H,22,25). The zero-order chi connectivity index (χ0) is 19.2. The van der Waals surface area contributed by atoms with Crippen LogP contribution in [0.2, 0.25) is 5.02 Å². The summed E-state index contributed by atoms with van der Waals surface area (Å²) in [5.41, 5.74) is 1.74. The Morgan fingerprint density at radius 1 is 1.26 bits per heavy atom. The maximum atomic E-state index is 12.9. The quantitative estimate of drug-likeness (QED) is 0.762. The monoisotopic (exact) mass is 404 g/mol. The summed E-state index contributed by atoms with van der Waals surface area (Å²) in [5, 5.41) is 2.95. The number of ether oxygens (including phenoxy) is 1. The maximum absolute atomic E-state index is 12.9. The first-order valence-electron chi connectivity index (χ1n) is 8.64. The highest BCUT2D eigenvalue weighted by Crippen LogP contribution is 2.38. The molecule has 5 nitrogen and oxygen atoms in total. The molecule has 7 heteroatoms. The number of halogens is 1. The van der Waals surface area contributed by atoms with E-state index in [0.717, 1.165) is 10.5 Å². The third kappa shape index (κ3) is 5.25. The number of anilines is 1. The van der Waals surface area contributed by atoms with Crippen LogP contribution in [0.3, 0.4) is 0 Å². The number of hydrogen-bond acceptors (Lipinski definition) is 4. The van der Waals surface area contributed by atoms with Gasteiger partial charge >= 0.3 is 0 Å². The molecule has 0 radical (unpaired) electrons. The van der Waals surface area contributed by atoms with Gasteiger partial charge < -0.3 is 15.0 Å². The summed E-state index contributed by atoms with van der Waals surface area (Å²) in [4.78, 5) is 28.0. The normalized spacial score (nSPS) is 15.8. The fourth-order valence-corrected chi connectivity index (χ4v) is 4.10. The predicted octanol–water partition coefficient (Wildman–Crippen LogP) is 3.82. The molecule has 27 heavy (non-hydrogen) atoms. The van der Waals surface area contributed by atoms with Crippen molar-refractivity contribution in [2.45, 2.75) is 23.1 Å². The van der Waals surface area contributed by atoms with Crippen LogP contribution in [0.1, 0.15) is 12.0 Å². The van der Waals surface area contributed by atoms with Crippen molar-refractivity contribution in [3.05, 3.63) is 59.1 Å². The van der Waals surface area contributed by atoms with Gasteiger partial charge in [-0.25, -0.2) is 0 Å². The zero-order valence-electron chi connectivity index (χ0n) is 15.0. The van der Waals surface area contributed by atoms with Crippen molar-refractivity contribution >= 4 is 40.9 Å². The molecule has 0 saturated carbocycles. The second-order valence-corrected chi connectivity index (χ2v) is 7.92. The van der Waals surface area contributed by atoms with Gasteiger partial charge in [0, 0.05) is 36.5 Å². The number of hydrogen-bond donors (Lipinski definition) is 1. The van der Waals surface area contributed by atoms with Gasteiger partial charge in [0.25, 0.3) is 0 Å². The van der Waals surface area contributed by atoms with Crippen molar-refractivity contribution in [1.29, 1.82) is 0 Å². The fraction of sp³-hybridized carbons (Fsp3) is 0.300. The average molecular weight is 405 g/mol. The minimum atomic E-state index is -0.466. The van der Waals surface area contributed by atoms with Gasteiger partial charge in [-0.3, -0.25) is 9.59 Å². The summed E-state index contributed by atoms with van der Waals surface area (Å²) >= 11 is 7.38. The van der Waals surface area contributed by atoms with Crippen LogP contribution in [-0.4, -0.2) is 42.2 Å². The molecule has 142 valence electrons. The smallest absolute Gasteiger partial charge is 0.238 e. The lowest BCUT2D eigenvalue weighted by Gasteiger charge is -2.27. The van der Waals surface area contributed by atoms with Crippen LogP contribution in [0.4, 0.5) is 5.69 Å². The molecule has 1 N–H and O–H groups in total. The van der Waals surface area contributed by atoms with Crippen molar-refractivity contribution in [1.82, 2.24) is 4.90 Å². The number of benzene rings is 2. The Hall–Kier alpha value is -2.02. The molecule has 0 bridgehead atoms. The van der Waals surface area contributed by atoms with E-state index in [-0.39, 0.29) is 18.2 Å². The number of thioether (sulfide) groups is 1. The topological polar surface area (TPSA) is 58.6 Å². The molecule has 0 aliphatic carbocycles.